The van der Waals surface area contributed by atoms with Crippen LogP contribution in [0.4, 0.5) is 13.2 Å². The summed E-state index contributed by atoms with van der Waals surface area (Å²) >= 11 is 0. The molecule has 0 aromatic carbocycles. The number of ether oxygens (including phenoxy) is 1. The number of nitrogens with zero attached hydrogens (tertiary/aromatic N) is 2. The number of carbonyl (C=O) groups excluding carboxylic acids is 1. The molecule has 0 bridgehead atoms. The van der Waals surface area contributed by atoms with Crippen LogP contribution < -0.4 is 0 Å². The van der Waals surface area contributed by atoms with Crippen molar-refractivity contribution in [3.63, 3.8) is 0 Å². The van der Waals surface area contributed by atoms with Crippen LogP contribution in [-0.4, -0.2) is 29.8 Å². The van der Waals surface area contributed by atoms with Gasteiger partial charge >= 0.3 is 5.97 Å². The second-order valence-electron chi connectivity index (χ2n) is 2.23. The van der Waals surface area contributed by atoms with Crippen LogP contribution in [0.1, 0.15) is 22.4 Å². The van der Waals surface area contributed by atoms with E-state index in [0.29, 0.717) is 0 Å². The van der Waals surface area contributed by atoms with Crippen LogP contribution in [0.15, 0.2) is 4.63 Å². The SMILES string of the molecule is COC(=O)c1nonc1C(F)C(F)F. The number of halogens is 3. The zero-order valence-electron chi connectivity index (χ0n) is 6.91. The Balaban J connectivity index is 2.98. The van der Waals surface area contributed by atoms with E-state index in [4.69, 9.17) is 0 Å². The molecule has 0 amide bonds. The zero-order valence-corrected chi connectivity index (χ0v) is 6.91. The molecule has 78 valence electrons. The van der Waals surface area contributed by atoms with Gasteiger partial charge in [-0.25, -0.2) is 22.6 Å². The van der Waals surface area contributed by atoms with E-state index in [9.17, 15) is 18.0 Å². The van der Waals surface area contributed by atoms with Crippen molar-refractivity contribution in [1.82, 2.24) is 10.3 Å². The molecule has 0 aliphatic carbocycles. The minimum atomic E-state index is -3.30. The highest BCUT2D eigenvalue weighted by Gasteiger charge is 2.32. The maximum Gasteiger partial charge on any atom is 0.362 e. The fraction of sp³-hybridized carbons (Fsp3) is 0.500. The Morgan fingerprint density at radius 2 is 2.07 bits per heavy atom. The lowest BCUT2D eigenvalue weighted by atomic mass is 10.2. The summed E-state index contributed by atoms with van der Waals surface area (Å²) < 4.78 is 44.7. The van der Waals surface area contributed by atoms with Gasteiger partial charge in [-0.2, -0.15) is 0 Å². The minimum absolute atomic E-state index is 0.680. The van der Waals surface area contributed by atoms with Gasteiger partial charge in [0.05, 0.1) is 7.11 Å². The first-order valence-corrected chi connectivity index (χ1v) is 3.41. The lowest BCUT2D eigenvalue weighted by Crippen LogP contribution is -2.11. The molecule has 8 heteroatoms. The highest BCUT2D eigenvalue weighted by Crippen LogP contribution is 2.25. The molecule has 14 heavy (non-hydrogen) atoms. The van der Waals surface area contributed by atoms with Gasteiger partial charge in [-0.05, 0) is 5.16 Å². The Labute approximate surface area is 75.8 Å². The van der Waals surface area contributed by atoms with Crippen LogP contribution in [0.25, 0.3) is 0 Å². The first-order valence-electron chi connectivity index (χ1n) is 3.41. The summed E-state index contributed by atoms with van der Waals surface area (Å²) in [5, 5.41) is 5.82. The smallest absolute Gasteiger partial charge is 0.362 e. The van der Waals surface area contributed by atoms with Crippen molar-refractivity contribution in [3.05, 3.63) is 11.4 Å². The van der Waals surface area contributed by atoms with Crippen LogP contribution >= 0.6 is 0 Å². The molecule has 1 atom stereocenters. The molecule has 0 aliphatic heterocycles. The summed E-state index contributed by atoms with van der Waals surface area (Å²) in [6, 6.07) is 0. The van der Waals surface area contributed by atoms with Gasteiger partial charge in [-0.15, -0.1) is 0 Å². The fourth-order valence-corrected chi connectivity index (χ4v) is 0.734. The van der Waals surface area contributed by atoms with Gasteiger partial charge in [0, 0.05) is 0 Å². The maximum atomic E-state index is 12.7. The molecular weight excluding hydrogens is 205 g/mol. The molecule has 1 aromatic heterocycles. The second-order valence-corrected chi connectivity index (χ2v) is 2.23. The lowest BCUT2D eigenvalue weighted by Gasteiger charge is -2.02. The van der Waals surface area contributed by atoms with E-state index in [2.05, 4.69) is 19.7 Å². The third-order valence-corrected chi connectivity index (χ3v) is 1.38. The topological polar surface area (TPSA) is 65.2 Å². The summed E-state index contributed by atoms with van der Waals surface area (Å²) in [7, 11) is 0.996. The van der Waals surface area contributed by atoms with E-state index in [-0.39, 0.29) is 0 Å². The first-order chi connectivity index (χ1) is 6.57. The van der Waals surface area contributed by atoms with E-state index < -0.39 is 30.0 Å². The molecule has 1 unspecified atom stereocenters. The normalized spacial score (nSPS) is 12.9. The number of methoxy groups -OCH3 is 1. The third-order valence-electron chi connectivity index (χ3n) is 1.38. The fourth-order valence-electron chi connectivity index (χ4n) is 0.734. The lowest BCUT2D eigenvalue weighted by molar-refractivity contribution is 0.0432. The molecular formula is C6H5F3N2O3. The van der Waals surface area contributed by atoms with E-state index in [1.54, 1.807) is 0 Å². The van der Waals surface area contributed by atoms with Crippen molar-refractivity contribution in [3.8, 4) is 0 Å². The highest BCUT2D eigenvalue weighted by molar-refractivity contribution is 5.88. The quantitative estimate of drug-likeness (QED) is 0.699. The Hall–Kier alpha value is -1.60. The van der Waals surface area contributed by atoms with E-state index in [0.717, 1.165) is 7.11 Å². The predicted molar refractivity (Wildman–Crippen MR) is 35.5 cm³/mol. The number of hydrogen-bond acceptors (Lipinski definition) is 5. The van der Waals surface area contributed by atoms with Crippen LogP contribution in [0.5, 0.6) is 0 Å². The summed E-state index contributed by atoms with van der Waals surface area (Å²) in [4.78, 5) is 10.8. The standard InChI is InChI=1S/C6H5F3N2O3/c1-13-6(12)4-3(10-14-11-4)2(7)5(8)9/h2,5H,1H3. The molecule has 0 fully saturated rings. The van der Waals surface area contributed by atoms with Crippen molar-refractivity contribution in [2.24, 2.45) is 0 Å². The third kappa shape index (κ3) is 1.83. The number of alkyl halides is 3. The number of esters is 1. The van der Waals surface area contributed by atoms with E-state index in [1.165, 1.54) is 0 Å². The largest absolute Gasteiger partial charge is 0.464 e. The van der Waals surface area contributed by atoms with Gasteiger partial charge < -0.3 is 4.74 Å². The summed E-state index contributed by atoms with van der Waals surface area (Å²) in [6.45, 7) is 0. The molecule has 1 rings (SSSR count). The maximum absolute atomic E-state index is 12.7. The number of aromatic nitrogens is 2. The average molecular weight is 210 g/mol. The van der Waals surface area contributed by atoms with Crippen molar-refractivity contribution in [2.45, 2.75) is 12.6 Å². The van der Waals surface area contributed by atoms with Crippen LogP contribution in [0.2, 0.25) is 0 Å². The van der Waals surface area contributed by atoms with Gasteiger partial charge in [0.2, 0.25) is 11.9 Å². The Morgan fingerprint density at radius 1 is 1.43 bits per heavy atom. The number of hydrogen-bond donors (Lipinski definition) is 0. The highest BCUT2D eigenvalue weighted by atomic mass is 19.3. The molecule has 1 heterocycles. The second kappa shape index (κ2) is 4.07. The molecule has 5 nitrogen and oxygen atoms in total. The van der Waals surface area contributed by atoms with Crippen LogP contribution in [-0.2, 0) is 4.74 Å². The van der Waals surface area contributed by atoms with Crippen molar-refractivity contribution in [1.29, 1.82) is 0 Å². The minimum Gasteiger partial charge on any atom is -0.464 e. The zero-order chi connectivity index (χ0) is 10.7. The van der Waals surface area contributed by atoms with Crippen molar-refractivity contribution >= 4 is 5.97 Å². The van der Waals surface area contributed by atoms with Gasteiger partial charge in [0.1, 0.15) is 0 Å². The van der Waals surface area contributed by atoms with Crippen molar-refractivity contribution in [2.75, 3.05) is 7.11 Å². The summed E-state index contributed by atoms with van der Waals surface area (Å²) in [5.74, 6) is -1.08. The molecule has 0 saturated carbocycles. The monoisotopic (exact) mass is 210 g/mol. The first kappa shape index (κ1) is 10.5. The predicted octanol–water partition coefficient (Wildman–Crippen LogP) is 1.13. The number of rotatable bonds is 3. The van der Waals surface area contributed by atoms with Gasteiger partial charge in [0.15, 0.2) is 5.69 Å². The molecule has 0 saturated heterocycles. The molecule has 1 aromatic rings. The molecule has 0 N–H and O–H groups in total. The van der Waals surface area contributed by atoms with E-state index >= 15 is 0 Å². The molecule has 0 aliphatic rings. The van der Waals surface area contributed by atoms with Gasteiger partial charge in [-0.3, -0.25) is 0 Å². The van der Waals surface area contributed by atoms with Crippen LogP contribution in [0.3, 0.4) is 0 Å². The van der Waals surface area contributed by atoms with Gasteiger partial charge in [-0.1, -0.05) is 5.16 Å². The summed E-state index contributed by atoms with van der Waals surface area (Å²) in [5.41, 5.74) is -1.54. The Kier molecular flexibility index (Phi) is 3.05. The van der Waals surface area contributed by atoms with E-state index in [1.807, 2.05) is 0 Å². The molecule has 0 radical (unpaired) electrons. The van der Waals surface area contributed by atoms with Crippen LogP contribution in [0, 0.1) is 0 Å². The Bertz CT molecular complexity index is 328. The van der Waals surface area contributed by atoms with Crippen molar-refractivity contribution < 1.29 is 27.3 Å². The Morgan fingerprint density at radius 3 is 2.57 bits per heavy atom. The average Bonchev–Trinajstić information content (AvgIpc) is 2.63. The summed E-state index contributed by atoms with van der Waals surface area (Å²) in [6.07, 6.45) is -6.01. The molecule has 0 spiro atoms. The number of carbonyl (C=O) groups is 1. The van der Waals surface area contributed by atoms with Gasteiger partial charge in [0.25, 0.3) is 6.43 Å².